The van der Waals surface area contributed by atoms with Gasteiger partial charge in [-0.2, -0.15) is 0 Å². The van der Waals surface area contributed by atoms with E-state index >= 15 is 0 Å². The van der Waals surface area contributed by atoms with Crippen LogP contribution in [0.1, 0.15) is 105 Å². The zero-order chi connectivity index (χ0) is 21.7. The summed E-state index contributed by atoms with van der Waals surface area (Å²) in [4.78, 5) is 0. The molecule has 0 aromatic heterocycles. The van der Waals surface area contributed by atoms with Gasteiger partial charge < -0.3 is 5.21 Å². The molecule has 3 saturated carbocycles. The third-order valence-electron chi connectivity index (χ3n) is 10.6. The molecular weight excluding hydrogens is 366 g/mol. The van der Waals surface area contributed by atoms with Crippen molar-refractivity contribution in [2.45, 2.75) is 105 Å². The van der Waals surface area contributed by atoms with Crippen LogP contribution in [-0.2, 0) is 0 Å². The van der Waals surface area contributed by atoms with E-state index < -0.39 is 0 Å². The first-order valence-electron chi connectivity index (χ1n) is 13.1. The van der Waals surface area contributed by atoms with Gasteiger partial charge in [-0.1, -0.05) is 59.5 Å². The number of nitrogens with zero attached hydrogens (tertiary/aromatic N) is 1. The lowest BCUT2D eigenvalue weighted by Crippen LogP contribution is -2.51. The van der Waals surface area contributed by atoms with Gasteiger partial charge in [0.25, 0.3) is 0 Å². The first-order chi connectivity index (χ1) is 14.2. The monoisotopic (exact) mass is 413 g/mol. The fraction of sp³-hybridized carbons (Fsp3) is 0.893. The maximum absolute atomic E-state index is 11.9. The summed E-state index contributed by atoms with van der Waals surface area (Å²) in [6.45, 7) is 12.6. The van der Waals surface area contributed by atoms with Gasteiger partial charge in [-0.05, 0) is 91.3 Å². The topological polar surface area (TPSA) is 26.1 Å². The van der Waals surface area contributed by atoms with Gasteiger partial charge in [0, 0.05) is 12.5 Å². The highest BCUT2D eigenvalue weighted by atomic mass is 16.5. The molecule has 4 rings (SSSR count). The second kappa shape index (κ2) is 8.28. The Morgan fingerprint density at radius 3 is 2.47 bits per heavy atom. The Hall–Kier alpha value is -0.790. The van der Waals surface area contributed by atoms with Crippen molar-refractivity contribution in [1.82, 2.24) is 0 Å². The van der Waals surface area contributed by atoms with Gasteiger partial charge in [-0.25, -0.2) is 4.74 Å². The summed E-state index contributed by atoms with van der Waals surface area (Å²) in [5, 5.41) is 11.9. The summed E-state index contributed by atoms with van der Waals surface area (Å²) in [5.74, 6) is 5.40. The van der Waals surface area contributed by atoms with Crippen molar-refractivity contribution in [3.05, 3.63) is 16.9 Å². The van der Waals surface area contributed by atoms with Crippen molar-refractivity contribution in [1.29, 1.82) is 0 Å². The van der Waals surface area contributed by atoms with Crippen molar-refractivity contribution >= 4 is 5.71 Å². The second-order valence-corrected chi connectivity index (χ2v) is 12.5. The lowest BCUT2D eigenvalue weighted by molar-refractivity contribution is -0.423. The molecule has 0 saturated heterocycles. The molecule has 0 aromatic rings. The zero-order valence-corrected chi connectivity index (χ0v) is 20.7. The van der Waals surface area contributed by atoms with Crippen LogP contribution >= 0.6 is 0 Å². The Kier molecular flexibility index (Phi) is 6.19. The number of hydroxylamine groups is 1. The van der Waals surface area contributed by atoms with Crippen LogP contribution in [0.3, 0.4) is 0 Å². The van der Waals surface area contributed by atoms with Crippen molar-refractivity contribution in [2.75, 3.05) is 7.05 Å². The molecule has 0 bridgehead atoms. The molecule has 170 valence electrons. The van der Waals surface area contributed by atoms with Gasteiger partial charge in [0.2, 0.25) is 0 Å². The van der Waals surface area contributed by atoms with E-state index in [1.54, 1.807) is 12.6 Å². The van der Waals surface area contributed by atoms with Gasteiger partial charge in [0.15, 0.2) is 5.71 Å². The standard InChI is InChI=1S/C28H47NO/c1-19(2)8-7-9-20(3)24-12-13-25-23-11-10-21-18-22(29(6)30)14-16-27(21,4)26(23)15-17-28(24,25)5/h18-20,23-26H,7-17H2,1-6H3/b29-22+/t20-,23+,24-,25+,26+,27+,28-/m1/s1. The van der Waals surface area contributed by atoms with Crippen LogP contribution in [0.25, 0.3) is 0 Å². The summed E-state index contributed by atoms with van der Waals surface area (Å²) in [6, 6.07) is 0. The minimum atomic E-state index is 0.352. The van der Waals surface area contributed by atoms with Gasteiger partial charge >= 0.3 is 0 Å². The van der Waals surface area contributed by atoms with Crippen LogP contribution < -0.4 is 0 Å². The normalized spacial score (nSPS) is 43.5. The molecule has 0 spiro atoms. The minimum absolute atomic E-state index is 0.352. The van der Waals surface area contributed by atoms with Crippen molar-refractivity contribution in [3.63, 3.8) is 0 Å². The first kappa shape index (κ1) is 22.4. The van der Waals surface area contributed by atoms with Gasteiger partial charge in [-0.3, -0.25) is 0 Å². The van der Waals surface area contributed by atoms with Crippen LogP contribution in [-0.4, -0.2) is 17.5 Å². The van der Waals surface area contributed by atoms with Crippen molar-refractivity contribution < 1.29 is 4.74 Å². The van der Waals surface area contributed by atoms with Crippen LogP contribution in [0.15, 0.2) is 11.6 Å². The van der Waals surface area contributed by atoms with Crippen LogP contribution in [0, 0.1) is 51.5 Å². The van der Waals surface area contributed by atoms with E-state index in [1.807, 2.05) is 0 Å². The highest BCUT2D eigenvalue weighted by Gasteiger charge is 2.59. The smallest absolute Gasteiger partial charge is 0.186 e. The maximum Gasteiger partial charge on any atom is 0.186 e. The summed E-state index contributed by atoms with van der Waals surface area (Å²) >= 11 is 0. The van der Waals surface area contributed by atoms with E-state index in [1.165, 1.54) is 64.2 Å². The van der Waals surface area contributed by atoms with E-state index in [0.29, 0.717) is 10.8 Å². The highest BCUT2D eigenvalue weighted by molar-refractivity contribution is 5.92. The molecule has 0 N–H and O–H groups in total. The number of rotatable bonds is 5. The zero-order valence-electron chi connectivity index (χ0n) is 20.7. The van der Waals surface area contributed by atoms with Crippen LogP contribution in [0.4, 0.5) is 0 Å². The first-order valence-corrected chi connectivity index (χ1v) is 13.1. The molecule has 0 radical (unpaired) electrons. The highest BCUT2D eigenvalue weighted by Crippen LogP contribution is 2.67. The van der Waals surface area contributed by atoms with Crippen molar-refractivity contribution in [3.8, 4) is 0 Å². The Morgan fingerprint density at radius 2 is 1.77 bits per heavy atom. The summed E-state index contributed by atoms with van der Waals surface area (Å²) < 4.78 is 1.11. The molecule has 4 aliphatic rings. The summed E-state index contributed by atoms with van der Waals surface area (Å²) in [6.07, 6.45) is 17.1. The maximum atomic E-state index is 11.9. The molecule has 7 atom stereocenters. The number of hydrogen-bond donors (Lipinski definition) is 0. The molecular formula is C28H47NO. The molecule has 4 aliphatic carbocycles. The largest absolute Gasteiger partial charge is 0.624 e. The van der Waals surface area contributed by atoms with Gasteiger partial charge in [0.1, 0.15) is 7.05 Å². The lowest BCUT2D eigenvalue weighted by atomic mass is 9.46. The Bertz CT molecular complexity index is 701. The number of hydrogen-bond acceptors (Lipinski definition) is 1. The summed E-state index contributed by atoms with van der Waals surface area (Å²) in [5.41, 5.74) is 3.55. The second-order valence-electron chi connectivity index (χ2n) is 12.5. The van der Waals surface area contributed by atoms with Crippen LogP contribution in [0.2, 0.25) is 0 Å². The fourth-order valence-electron chi connectivity index (χ4n) is 8.84. The molecule has 0 aliphatic heterocycles. The molecule has 0 amide bonds. The summed E-state index contributed by atoms with van der Waals surface area (Å²) in [7, 11) is 1.67. The number of allylic oxidation sites excluding steroid dienone is 2. The predicted molar refractivity (Wildman–Crippen MR) is 128 cm³/mol. The van der Waals surface area contributed by atoms with Crippen molar-refractivity contribution in [2.24, 2.45) is 46.3 Å². The fourth-order valence-corrected chi connectivity index (χ4v) is 8.84. The van der Waals surface area contributed by atoms with E-state index in [4.69, 9.17) is 0 Å². The predicted octanol–water partition coefficient (Wildman–Crippen LogP) is 7.61. The molecule has 0 aromatic carbocycles. The third-order valence-corrected chi connectivity index (χ3v) is 10.6. The van der Waals surface area contributed by atoms with E-state index in [2.05, 4.69) is 40.7 Å². The molecule has 0 heterocycles. The molecule has 2 nitrogen and oxygen atoms in total. The average molecular weight is 414 g/mol. The molecule has 0 unspecified atom stereocenters. The molecule has 2 heteroatoms. The van der Waals surface area contributed by atoms with E-state index in [9.17, 15) is 5.21 Å². The average Bonchev–Trinajstić information content (AvgIpc) is 3.04. The van der Waals surface area contributed by atoms with E-state index in [0.717, 1.165) is 52.4 Å². The van der Waals surface area contributed by atoms with Gasteiger partial charge in [0.05, 0.1) is 0 Å². The molecule has 30 heavy (non-hydrogen) atoms. The minimum Gasteiger partial charge on any atom is -0.624 e. The van der Waals surface area contributed by atoms with E-state index in [-0.39, 0.29) is 0 Å². The third kappa shape index (κ3) is 3.69. The lowest BCUT2D eigenvalue weighted by Gasteiger charge is -2.58. The molecule has 3 fully saturated rings. The Morgan fingerprint density at radius 1 is 1.00 bits per heavy atom. The Balaban J connectivity index is 1.50. The SMILES string of the molecule is CC(C)CCC[C@@H](C)[C@H]1CC[C@H]2[C@@H]3CCC4=C/C(=[N+](\C)[O-])CC[C@]4(C)[C@H]3CC[C@]12C. The number of fused-ring (bicyclic) bond motifs is 5. The van der Waals surface area contributed by atoms with Gasteiger partial charge in [-0.15, -0.1) is 0 Å². The Labute approximate surface area is 186 Å². The van der Waals surface area contributed by atoms with Crippen LogP contribution in [0.5, 0.6) is 0 Å². The quantitative estimate of drug-likeness (QED) is 0.259.